The first kappa shape index (κ1) is 14.6. The molecule has 0 fully saturated rings. The second-order valence-corrected chi connectivity index (χ2v) is 5.20. The Morgan fingerprint density at radius 1 is 1.25 bits per heavy atom. The van der Waals surface area contributed by atoms with Gasteiger partial charge in [0, 0.05) is 18.8 Å². The average Bonchev–Trinajstić information content (AvgIpc) is 2.79. The van der Waals surface area contributed by atoms with E-state index in [1.54, 1.807) is 4.68 Å². The molecule has 1 aromatic carbocycles. The van der Waals surface area contributed by atoms with E-state index in [1.807, 2.05) is 58.3 Å². The Bertz CT molecular complexity index is 558. The molecule has 1 aromatic heterocycles. The molecule has 20 heavy (non-hydrogen) atoms. The van der Waals surface area contributed by atoms with Crippen molar-refractivity contribution in [2.45, 2.75) is 39.4 Å². The summed E-state index contributed by atoms with van der Waals surface area (Å²) in [7, 11) is 1.87. The Balaban J connectivity index is 2.22. The molecule has 0 radical (unpaired) electrons. The Morgan fingerprint density at radius 2 is 1.90 bits per heavy atom. The van der Waals surface area contributed by atoms with Crippen molar-refractivity contribution in [1.29, 1.82) is 0 Å². The maximum atomic E-state index is 10.5. The molecule has 2 rings (SSSR count). The summed E-state index contributed by atoms with van der Waals surface area (Å²) in [6, 6.07) is 7.57. The summed E-state index contributed by atoms with van der Waals surface area (Å²) in [6.07, 6.45) is 2.19. The van der Waals surface area contributed by atoms with Crippen molar-refractivity contribution in [3.8, 4) is 5.75 Å². The van der Waals surface area contributed by atoms with Crippen LogP contribution in [0.2, 0.25) is 0 Å². The Kier molecular flexibility index (Phi) is 4.45. The summed E-state index contributed by atoms with van der Waals surface area (Å²) in [5.41, 5.74) is 2.65. The van der Waals surface area contributed by atoms with Gasteiger partial charge in [0.15, 0.2) is 0 Å². The number of benzene rings is 1. The van der Waals surface area contributed by atoms with Crippen molar-refractivity contribution in [2.24, 2.45) is 7.05 Å². The van der Waals surface area contributed by atoms with Gasteiger partial charge in [0.25, 0.3) is 0 Å². The van der Waals surface area contributed by atoms with Crippen molar-refractivity contribution < 1.29 is 9.84 Å². The summed E-state index contributed by atoms with van der Waals surface area (Å²) in [6.45, 7) is 6.02. The Morgan fingerprint density at radius 3 is 2.45 bits per heavy atom. The number of rotatable bonds is 5. The van der Waals surface area contributed by atoms with Gasteiger partial charge in [0.1, 0.15) is 11.9 Å². The monoisotopic (exact) mass is 274 g/mol. The molecule has 1 heterocycles. The number of aliphatic hydroxyl groups is 1. The van der Waals surface area contributed by atoms with Crippen LogP contribution in [0.15, 0.2) is 30.5 Å². The highest BCUT2D eigenvalue weighted by atomic mass is 16.5. The van der Waals surface area contributed by atoms with E-state index in [4.69, 9.17) is 4.74 Å². The van der Waals surface area contributed by atoms with Crippen LogP contribution in [0, 0.1) is 0 Å². The first-order chi connectivity index (χ1) is 9.51. The van der Waals surface area contributed by atoms with Gasteiger partial charge in [-0.2, -0.15) is 5.10 Å². The fourth-order valence-corrected chi connectivity index (χ4v) is 2.24. The number of aliphatic hydroxyl groups excluding tert-OH is 1. The molecule has 4 nitrogen and oxygen atoms in total. The van der Waals surface area contributed by atoms with Crippen LogP contribution in [-0.2, 0) is 13.5 Å². The zero-order valence-corrected chi connectivity index (χ0v) is 12.5. The summed E-state index contributed by atoms with van der Waals surface area (Å²) in [4.78, 5) is 0. The average molecular weight is 274 g/mol. The van der Waals surface area contributed by atoms with Crippen LogP contribution in [0.4, 0.5) is 0 Å². The number of aromatic nitrogens is 2. The van der Waals surface area contributed by atoms with Crippen LogP contribution in [0.25, 0.3) is 0 Å². The third-order valence-corrected chi connectivity index (χ3v) is 3.13. The quantitative estimate of drug-likeness (QED) is 0.912. The van der Waals surface area contributed by atoms with Gasteiger partial charge in [-0.1, -0.05) is 19.1 Å². The number of hydrogen-bond donors (Lipinski definition) is 1. The predicted molar refractivity (Wildman–Crippen MR) is 78.9 cm³/mol. The molecule has 0 aliphatic carbocycles. The van der Waals surface area contributed by atoms with E-state index >= 15 is 0 Å². The second-order valence-electron chi connectivity index (χ2n) is 5.20. The fourth-order valence-electron chi connectivity index (χ4n) is 2.24. The molecule has 0 aliphatic rings. The Labute approximate surface area is 120 Å². The summed E-state index contributed by atoms with van der Waals surface area (Å²) >= 11 is 0. The SMILES string of the molecule is CCc1nn(C)cc1C(O)c1ccc(OC(C)C)cc1. The molecule has 0 amide bonds. The number of ether oxygens (including phenoxy) is 1. The minimum absolute atomic E-state index is 0.149. The normalized spacial score (nSPS) is 12.7. The van der Waals surface area contributed by atoms with Gasteiger partial charge in [0.2, 0.25) is 0 Å². The van der Waals surface area contributed by atoms with E-state index < -0.39 is 6.10 Å². The van der Waals surface area contributed by atoms with Crippen LogP contribution in [0.1, 0.15) is 43.7 Å². The van der Waals surface area contributed by atoms with E-state index in [9.17, 15) is 5.11 Å². The molecule has 1 N–H and O–H groups in total. The smallest absolute Gasteiger partial charge is 0.119 e. The van der Waals surface area contributed by atoms with E-state index in [-0.39, 0.29) is 6.10 Å². The highest BCUT2D eigenvalue weighted by molar-refractivity contribution is 5.35. The maximum Gasteiger partial charge on any atom is 0.119 e. The lowest BCUT2D eigenvalue weighted by atomic mass is 10.0. The lowest BCUT2D eigenvalue weighted by molar-refractivity contribution is 0.218. The molecule has 4 heteroatoms. The van der Waals surface area contributed by atoms with Crippen molar-refractivity contribution >= 4 is 0 Å². The fraction of sp³-hybridized carbons (Fsp3) is 0.438. The summed E-state index contributed by atoms with van der Waals surface area (Å²) < 4.78 is 7.35. The van der Waals surface area contributed by atoms with Crippen LogP contribution >= 0.6 is 0 Å². The molecule has 0 bridgehead atoms. The second kappa shape index (κ2) is 6.09. The van der Waals surface area contributed by atoms with Gasteiger partial charge in [-0.3, -0.25) is 4.68 Å². The molecule has 0 saturated heterocycles. The van der Waals surface area contributed by atoms with Crippen molar-refractivity contribution in [3.05, 3.63) is 47.3 Å². The van der Waals surface area contributed by atoms with E-state index in [1.165, 1.54) is 0 Å². The summed E-state index contributed by atoms with van der Waals surface area (Å²) in [5, 5.41) is 14.9. The standard InChI is InChI=1S/C16H22N2O2/c1-5-15-14(10-18(4)17-15)16(19)12-6-8-13(9-7-12)20-11(2)3/h6-11,16,19H,5H2,1-4H3. The Hall–Kier alpha value is -1.81. The lowest BCUT2D eigenvalue weighted by Gasteiger charge is -2.13. The van der Waals surface area contributed by atoms with Gasteiger partial charge < -0.3 is 9.84 Å². The highest BCUT2D eigenvalue weighted by Gasteiger charge is 2.17. The minimum atomic E-state index is -0.647. The first-order valence-electron chi connectivity index (χ1n) is 6.98. The van der Waals surface area contributed by atoms with Crippen molar-refractivity contribution in [2.75, 3.05) is 0 Å². The van der Waals surface area contributed by atoms with Gasteiger partial charge in [-0.25, -0.2) is 0 Å². The predicted octanol–water partition coefficient (Wildman–Crippen LogP) is 2.85. The van der Waals surface area contributed by atoms with Gasteiger partial charge in [0.05, 0.1) is 11.8 Å². The minimum Gasteiger partial charge on any atom is -0.491 e. The van der Waals surface area contributed by atoms with Gasteiger partial charge >= 0.3 is 0 Å². The molecule has 0 spiro atoms. The van der Waals surface area contributed by atoms with E-state index in [0.717, 1.165) is 29.0 Å². The zero-order valence-electron chi connectivity index (χ0n) is 12.5. The molecule has 0 saturated carbocycles. The third-order valence-electron chi connectivity index (χ3n) is 3.13. The number of aryl methyl sites for hydroxylation is 2. The molecule has 108 valence electrons. The third kappa shape index (κ3) is 3.20. The van der Waals surface area contributed by atoms with Crippen LogP contribution in [-0.4, -0.2) is 21.0 Å². The van der Waals surface area contributed by atoms with E-state index in [0.29, 0.717) is 0 Å². The lowest BCUT2D eigenvalue weighted by Crippen LogP contribution is -2.06. The number of nitrogens with zero attached hydrogens (tertiary/aromatic N) is 2. The van der Waals surface area contributed by atoms with Crippen LogP contribution in [0.3, 0.4) is 0 Å². The largest absolute Gasteiger partial charge is 0.491 e. The van der Waals surface area contributed by atoms with Gasteiger partial charge in [-0.05, 0) is 38.0 Å². The van der Waals surface area contributed by atoms with E-state index in [2.05, 4.69) is 5.10 Å². The zero-order chi connectivity index (χ0) is 14.7. The maximum absolute atomic E-state index is 10.5. The molecule has 1 unspecified atom stereocenters. The highest BCUT2D eigenvalue weighted by Crippen LogP contribution is 2.26. The molecular formula is C16H22N2O2. The topological polar surface area (TPSA) is 47.3 Å². The van der Waals surface area contributed by atoms with Crippen molar-refractivity contribution in [1.82, 2.24) is 9.78 Å². The van der Waals surface area contributed by atoms with Crippen molar-refractivity contribution in [3.63, 3.8) is 0 Å². The molecule has 0 aliphatic heterocycles. The summed E-state index contributed by atoms with van der Waals surface area (Å²) in [5.74, 6) is 0.817. The molecular weight excluding hydrogens is 252 g/mol. The molecule has 1 atom stereocenters. The van der Waals surface area contributed by atoms with Crippen LogP contribution in [0.5, 0.6) is 5.75 Å². The molecule has 2 aromatic rings. The van der Waals surface area contributed by atoms with Crippen LogP contribution < -0.4 is 4.74 Å². The first-order valence-corrected chi connectivity index (χ1v) is 6.98. The van der Waals surface area contributed by atoms with Gasteiger partial charge in [-0.15, -0.1) is 0 Å². The number of hydrogen-bond acceptors (Lipinski definition) is 3.